The summed E-state index contributed by atoms with van der Waals surface area (Å²) in [4.78, 5) is 0. The van der Waals surface area contributed by atoms with Crippen molar-refractivity contribution in [3.05, 3.63) is 53.5 Å². The SMILES string of the molecule is CNCc1coc(COc2cccc(C(C)C)c2)c1. The summed E-state index contributed by atoms with van der Waals surface area (Å²) in [5.74, 6) is 2.24. The van der Waals surface area contributed by atoms with Crippen molar-refractivity contribution in [3.63, 3.8) is 0 Å². The van der Waals surface area contributed by atoms with Crippen LogP contribution in [0.4, 0.5) is 0 Å². The molecule has 0 fully saturated rings. The zero-order valence-electron chi connectivity index (χ0n) is 11.8. The van der Waals surface area contributed by atoms with Gasteiger partial charge < -0.3 is 14.5 Å². The van der Waals surface area contributed by atoms with Crippen LogP contribution in [0, 0.1) is 0 Å². The first kappa shape index (κ1) is 13.7. The van der Waals surface area contributed by atoms with Gasteiger partial charge in [0.25, 0.3) is 0 Å². The van der Waals surface area contributed by atoms with E-state index in [9.17, 15) is 0 Å². The summed E-state index contributed by atoms with van der Waals surface area (Å²) in [6.07, 6.45) is 1.76. The van der Waals surface area contributed by atoms with E-state index in [1.165, 1.54) is 5.56 Å². The molecular weight excluding hydrogens is 238 g/mol. The molecule has 3 nitrogen and oxygen atoms in total. The molecule has 19 heavy (non-hydrogen) atoms. The Kier molecular flexibility index (Phi) is 4.63. The Morgan fingerprint density at radius 1 is 1.26 bits per heavy atom. The lowest BCUT2D eigenvalue weighted by Gasteiger charge is -2.08. The first-order valence-electron chi connectivity index (χ1n) is 6.62. The predicted octanol–water partition coefficient (Wildman–Crippen LogP) is 3.70. The van der Waals surface area contributed by atoms with Gasteiger partial charge >= 0.3 is 0 Å². The first-order valence-corrected chi connectivity index (χ1v) is 6.62. The molecule has 0 unspecified atom stereocenters. The average Bonchev–Trinajstić information content (AvgIpc) is 2.85. The Balaban J connectivity index is 1.95. The summed E-state index contributed by atoms with van der Waals surface area (Å²) in [6.45, 7) is 5.63. The van der Waals surface area contributed by atoms with Crippen molar-refractivity contribution in [3.8, 4) is 5.75 Å². The third-order valence-corrected chi connectivity index (χ3v) is 2.99. The Hall–Kier alpha value is -1.74. The van der Waals surface area contributed by atoms with Gasteiger partial charge in [-0.05, 0) is 36.7 Å². The number of ether oxygens (including phenoxy) is 1. The maximum absolute atomic E-state index is 5.76. The van der Waals surface area contributed by atoms with E-state index in [1.54, 1.807) is 6.26 Å². The molecule has 102 valence electrons. The highest BCUT2D eigenvalue weighted by molar-refractivity contribution is 5.30. The minimum Gasteiger partial charge on any atom is -0.486 e. The van der Waals surface area contributed by atoms with Crippen molar-refractivity contribution in [1.82, 2.24) is 5.32 Å². The van der Waals surface area contributed by atoms with E-state index in [0.29, 0.717) is 12.5 Å². The second-order valence-corrected chi connectivity index (χ2v) is 4.97. The van der Waals surface area contributed by atoms with E-state index < -0.39 is 0 Å². The zero-order valence-corrected chi connectivity index (χ0v) is 11.8. The number of hydrogen-bond donors (Lipinski definition) is 1. The normalized spacial score (nSPS) is 10.9. The Bertz CT molecular complexity index is 517. The third kappa shape index (κ3) is 3.86. The fourth-order valence-corrected chi connectivity index (χ4v) is 1.92. The number of hydrogen-bond acceptors (Lipinski definition) is 3. The van der Waals surface area contributed by atoms with E-state index in [0.717, 1.165) is 23.6 Å². The topological polar surface area (TPSA) is 34.4 Å². The minimum atomic E-state index is 0.464. The maximum atomic E-state index is 5.76. The smallest absolute Gasteiger partial charge is 0.146 e. The van der Waals surface area contributed by atoms with Gasteiger partial charge in [0.2, 0.25) is 0 Å². The van der Waals surface area contributed by atoms with Crippen LogP contribution in [-0.4, -0.2) is 7.05 Å². The summed E-state index contributed by atoms with van der Waals surface area (Å²) in [7, 11) is 1.92. The number of rotatable bonds is 6. The number of furan rings is 1. The van der Waals surface area contributed by atoms with Gasteiger partial charge in [-0.15, -0.1) is 0 Å². The van der Waals surface area contributed by atoms with Crippen LogP contribution < -0.4 is 10.1 Å². The largest absolute Gasteiger partial charge is 0.486 e. The van der Waals surface area contributed by atoms with Crippen molar-refractivity contribution in [2.45, 2.75) is 32.9 Å². The van der Waals surface area contributed by atoms with E-state index in [1.807, 2.05) is 25.2 Å². The van der Waals surface area contributed by atoms with Crippen LogP contribution in [0.2, 0.25) is 0 Å². The van der Waals surface area contributed by atoms with Crippen LogP contribution in [0.5, 0.6) is 5.75 Å². The molecule has 1 aromatic carbocycles. The molecule has 0 aliphatic heterocycles. The fourth-order valence-electron chi connectivity index (χ4n) is 1.92. The molecular formula is C16H21NO2. The second kappa shape index (κ2) is 6.43. The van der Waals surface area contributed by atoms with E-state index >= 15 is 0 Å². The quantitative estimate of drug-likeness (QED) is 0.859. The summed E-state index contributed by atoms with van der Waals surface area (Å²) in [5.41, 5.74) is 2.42. The molecule has 0 aliphatic rings. The maximum Gasteiger partial charge on any atom is 0.146 e. The van der Waals surface area contributed by atoms with Gasteiger partial charge in [-0.2, -0.15) is 0 Å². The van der Waals surface area contributed by atoms with Crippen LogP contribution in [0.1, 0.15) is 36.7 Å². The van der Waals surface area contributed by atoms with Gasteiger partial charge in [-0.25, -0.2) is 0 Å². The van der Waals surface area contributed by atoms with Crippen molar-refractivity contribution >= 4 is 0 Å². The molecule has 2 aromatic rings. The van der Waals surface area contributed by atoms with Crippen LogP contribution >= 0.6 is 0 Å². The minimum absolute atomic E-state index is 0.464. The van der Waals surface area contributed by atoms with Gasteiger partial charge in [-0.1, -0.05) is 26.0 Å². The van der Waals surface area contributed by atoms with Gasteiger partial charge in [0.05, 0.1) is 6.26 Å². The first-order chi connectivity index (χ1) is 9.19. The molecule has 0 saturated carbocycles. The number of benzene rings is 1. The lowest BCUT2D eigenvalue weighted by molar-refractivity contribution is 0.270. The highest BCUT2D eigenvalue weighted by Crippen LogP contribution is 2.21. The molecule has 1 heterocycles. The molecule has 0 saturated heterocycles. The van der Waals surface area contributed by atoms with Crippen molar-refractivity contribution in [1.29, 1.82) is 0 Å². The van der Waals surface area contributed by atoms with E-state index in [-0.39, 0.29) is 0 Å². The summed E-state index contributed by atoms with van der Waals surface area (Å²) < 4.78 is 11.2. The Morgan fingerprint density at radius 3 is 2.84 bits per heavy atom. The molecule has 1 aromatic heterocycles. The highest BCUT2D eigenvalue weighted by Gasteiger charge is 2.04. The summed E-state index contributed by atoms with van der Waals surface area (Å²) >= 11 is 0. The van der Waals surface area contributed by atoms with Gasteiger partial charge in [0.15, 0.2) is 0 Å². The molecule has 0 bridgehead atoms. The Morgan fingerprint density at radius 2 is 2.11 bits per heavy atom. The van der Waals surface area contributed by atoms with Crippen molar-refractivity contribution in [2.75, 3.05) is 7.05 Å². The van der Waals surface area contributed by atoms with Crippen LogP contribution in [0.25, 0.3) is 0 Å². The highest BCUT2D eigenvalue weighted by atomic mass is 16.5. The lowest BCUT2D eigenvalue weighted by atomic mass is 10.0. The monoisotopic (exact) mass is 259 g/mol. The molecule has 3 heteroatoms. The average molecular weight is 259 g/mol. The van der Waals surface area contributed by atoms with Crippen LogP contribution in [-0.2, 0) is 13.2 Å². The Labute approximate surface area is 114 Å². The molecule has 1 N–H and O–H groups in total. The lowest BCUT2D eigenvalue weighted by Crippen LogP contribution is -2.03. The third-order valence-electron chi connectivity index (χ3n) is 2.99. The predicted molar refractivity (Wildman–Crippen MR) is 76.3 cm³/mol. The van der Waals surface area contributed by atoms with E-state index in [4.69, 9.17) is 9.15 Å². The van der Waals surface area contributed by atoms with Gasteiger partial charge in [-0.3, -0.25) is 0 Å². The standard InChI is InChI=1S/C16H21NO2/c1-12(2)14-5-4-6-15(8-14)19-11-16-7-13(9-17-3)10-18-16/h4-8,10,12,17H,9,11H2,1-3H3. The molecule has 0 atom stereocenters. The van der Waals surface area contributed by atoms with Crippen molar-refractivity contribution in [2.24, 2.45) is 0 Å². The fraction of sp³-hybridized carbons (Fsp3) is 0.375. The van der Waals surface area contributed by atoms with Crippen LogP contribution in [0.3, 0.4) is 0 Å². The summed E-state index contributed by atoms with van der Waals surface area (Å²) in [5, 5.41) is 3.09. The second-order valence-electron chi connectivity index (χ2n) is 4.97. The molecule has 0 radical (unpaired) electrons. The molecule has 0 amide bonds. The van der Waals surface area contributed by atoms with E-state index in [2.05, 4.69) is 31.3 Å². The number of nitrogens with one attached hydrogen (secondary N) is 1. The molecule has 2 rings (SSSR count). The molecule has 0 aliphatic carbocycles. The molecule has 0 spiro atoms. The van der Waals surface area contributed by atoms with Crippen molar-refractivity contribution < 1.29 is 9.15 Å². The van der Waals surface area contributed by atoms with Gasteiger partial charge in [0.1, 0.15) is 18.1 Å². The van der Waals surface area contributed by atoms with Crippen LogP contribution in [0.15, 0.2) is 41.0 Å². The van der Waals surface area contributed by atoms with Gasteiger partial charge in [0, 0.05) is 12.1 Å². The zero-order chi connectivity index (χ0) is 13.7. The summed E-state index contributed by atoms with van der Waals surface area (Å²) in [6, 6.07) is 10.2.